The molecule has 1 fully saturated rings. The number of nitrogens with zero attached hydrogens (tertiary/aromatic N) is 2. The predicted molar refractivity (Wildman–Crippen MR) is 76.5 cm³/mol. The minimum Gasteiger partial charge on any atom is -0.462 e. The standard InChI is InChI=1S/C15H13N3O4/c1-3-22-14(20)11(8-16)12-13(19)18(15(21)17-12)10-6-4-9(2)5-7-10/h4-7H,3H2,1-2H3,(H,17,21). The summed E-state index contributed by atoms with van der Waals surface area (Å²) in [7, 11) is 0. The van der Waals surface area contributed by atoms with Gasteiger partial charge in [-0.05, 0) is 26.0 Å². The number of rotatable bonds is 3. The van der Waals surface area contributed by atoms with Crippen LogP contribution in [0.15, 0.2) is 35.5 Å². The molecular formula is C15H13N3O4. The van der Waals surface area contributed by atoms with Crippen LogP contribution in [0.25, 0.3) is 0 Å². The lowest BCUT2D eigenvalue weighted by Crippen LogP contribution is -2.30. The lowest BCUT2D eigenvalue weighted by molar-refractivity contribution is -0.138. The highest BCUT2D eigenvalue weighted by atomic mass is 16.5. The van der Waals surface area contributed by atoms with Gasteiger partial charge in [0.15, 0.2) is 5.57 Å². The van der Waals surface area contributed by atoms with Crippen molar-refractivity contribution in [2.45, 2.75) is 13.8 Å². The van der Waals surface area contributed by atoms with Crippen LogP contribution in [-0.2, 0) is 14.3 Å². The first-order chi connectivity index (χ1) is 10.5. The number of benzene rings is 1. The normalized spacial score (nSPS) is 16.1. The number of carbonyl (C=O) groups excluding carboxylic acids is 3. The molecule has 7 heteroatoms. The molecular weight excluding hydrogens is 286 g/mol. The molecule has 1 N–H and O–H groups in total. The maximum Gasteiger partial charge on any atom is 0.351 e. The summed E-state index contributed by atoms with van der Waals surface area (Å²) in [5, 5.41) is 11.3. The van der Waals surface area contributed by atoms with E-state index in [0.717, 1.165) is 10.5 Å². The number of imide groups is 1. The summed E-state index contributed by atoms with van der Waals surface area (Å²) in [5.41, 5.74) is 0.432. The number of carbonyl (C=O) groups is 3. The van der Waals surface area contributed by atoms with Crippen molar-refractivity contribution in [3.8, 4) is 6.07 Å². The number of nitriles is 1. The van der Waals surface area contributed by atoms with Crippen LogP contribution >= 0.6 is 0 Å². The molecule has 1 heterocycles. The molecule has 22 heavy (non-hydrogen) atoms. The van der Waals surface area contributed by atoms with Crippen molar-refractivity contribution in [3.63, 3.8) is 0 Å². The molecule has 0 aliphatic carbocycles. The third-order valence-electron chi connectivity index (χ3n) is 2.99. The van der Waals surface area contributed by atoms with Crippen molar-refractivity contribution in [1.29, 1.82) is 5.26 Å². The van der Waals surface area contributed by atoms with Crippen molar-refractivity contribution in [3.05, 3.63) is 41.1 Å². The molecule has 0 radical (unpaired) electrons. The number of amides is 3. The highest BCUT2D eigenvalue weighted by molar-refractivity contribution is 6.28. The molecule has 0 atom stereocenters. The van der Waals surface area contributed by atoms with Crippen molar-refractivity contribution in [1.82, 2.24) is 5.32 Å². The van der Waals surface area contributed by atoms with E-state index in [0.29, 0.717) is 5.69 Å². The second-order valence-corrected chi connectivity index (χ2v) is 4.49. The van der Waals surface area contributed by atoms with Gasteiger partial charge in [0, 0.05) is 0 Å². The van der Waals surface area contributed by atoms with E-state index >= 15 is 0 Å². The number of nitrogens with one attached hydrogen (secondary N) is 1. The summed E-state index contributed by atoms with van der Waals surface area (Å²) in [6.07, 6.45) is 0. The van der Waals surface area contributed by atoms with Crippen molar-refractivity contribution >= 4 is 23.6 Å². The van der Waals surface area contributed by atoms with Crippen LogP contribution in [0.1, 0.15) is 12.5 Å². The fraction of sp³-hybridized carbons (Fsp3) is 0.200. The van der Waals surface area contributed by atoms with Crippen LogP contribution in [-0.4, -0.2) is 24.5 Å². The third kappa shape index (κ3) is 2.67. The van der Waals surface area contributed by atoms with E-state index in [2.05, 4.69) is 5.32 Å². The zero-order chi connectivity index (χ0) is 16.3. The third-order valence-corrected chi connectivity index (χ3v) is 2.99. The molecule has 1 aromatic rings. The summed E-state index contributed by atoms with van der Waals surface area (Å²) < 4.78 is 4.71. The molecule has 3 amide bonds. The first-order valence-corrected chi connectivity index (χ1v) is 6.53. The Morgan fingerprint density at radius 1 is 1.32 bits per heavy atom. The highest BCUT2D eigenvalue weighted by Crippen LogP contribution is 2.23. The average Bonchev–Trinajstić information content (AvgIpc) is 2.77. The monoisotopic (exact) mass is 299 g/mol. The minimum atomic E-state index is -0.945. The Kier molecular flexibility index (Phi) is 4.23. The van der Waals surface area contributed by atoms with Gasteiger partial charge in [0.25, 0.3) is 5.91 Å². The van der Waals surface area contributed by atoms with Crippen LogP contribution in [0.2, 0.25) is 0 Å². The van der Waals surface area contributed by atoms with E-state index in [-0.39, 0.29) is 12.3 Å². The van der Waals surface area contributed by atoms with Gasteiger partial charge in [0.1, 0.15) is 11.8 Å². The summed E-state index contributed by atoms with van der Waals surface area (Å²) in [6.45, 7) is 3.50. The summed E-state index contributed by atoms with van der Waals surface area (Å²) in [6, 6.07) is 7.58. The zero-order valence-corrected chi connectivity index (χ0v) is 12.0. The van der Waals surface area contributed by atoms with E-state index in [1.807, 2.05) is 6.92 Å². The molecule has 0 saturated carbocycles. The van der Waals surface area contributed by atoms with Gasteiger partial charge in [-0.25, -0.2) is 14.5 Å². The highest BCUT2D eigenvalue weighted by Gasteiger charge is 2.38. The average molecular weight is 299 g/mol. The van der Waals surface area contributed by atoms with E-state index < -0.39 is 23.5 Å². The number of esters is 1. The smallest absolute Gasteiger partial charge is 0.351 e. The Bertz CT molecular complexity index is 713. The molecule has 0 bridgehead atoms. The second kappa shape index (κ2) is 6.10. The van der Waals surface area contributed by atoms with Gasteiger partial charge < -0.3 is 10.1 Å². The molecule has 7 nitrogen and oxygen atoms in total. The van der Waals surface area contributed by atoms with E-state index in [1.165, 1.54) is 0 Å². The number of hydrogen-bond donors (Lipinski definition) is 1. The van der Waals surface area contributed by atoms with Gasteiger partial charge >= 0.3 is 12.0 Å². The Labute approximate surface area is 126 Å². The van der Waals surface area contributed by atoms with Crippen LogP contribution in [0.5, 0.6) is 0 Å². The van der Waals surface area contributed by atoms with Crippen LogP contribution in [0, 0.1) is 18.3 Å². The van der Waals surface area contributed by atoms with E-state index in [9.17, 15) is 14.4 Å². The Balaban J connectivity index is 2.42. The zero-order valence-electron chi connectivity index (χ0n) is 12.0. The van der Waals surface area contributed by atoms with Crippen LogP contribution < -0.4 is 10.2 Å². The summed E-state index contributed by atoms with van der Waals surface area (Å²) in [5.74, 6) is -1.71. The first-order valence-electron chi connectivity index (χ1n) is 6.53. The van der Waals surface area contributed by atoms with Gasteiger partial charge in [0.05, 0.1) is 12.3 Å². The Hall–Kier alpha value is -3.14. The second-order valence-electron chi connectivity index (χ2n) is 4.49. The quantitative estimate of drug-likeness (QED) is 0.393. The molecule has 1 aliphatic heterocycles. The van der Waals surface area contributed by atoms with Gasteiger partial charge in [-0.2, -0.15) is 5.26 Å². The SMILES string of the molecule is CCOC(=O)C(C#N)=C1NC(=O)N(c2ccc(C)cc2)C1=O. The van der Waals surface area contributed by atoms with Crippen molar-refractivity contribution < 1.29 is 19.1 Å². The molecule has 1 saturated heterocycles. The number of aryl methyl sites for hydroxylation is 1. The maximum absolute atomic E-state index is 12.3. The number of hydrogen-bond acceptors (Lipinski definition) is 5. The van der Waals surface area contributed by atoms with Crippen molar-refractivity contribution in [2.24, 2.45) is 0 Å². The predicted octanol–water partition coefficient (Wildman–Crippen LogP) is 1.39. The molecule has 0 spiro atoms. The van der Waals surface area contributed by atoms with Gasteiger partial charge in [-0.15, -0.1) is 0 Å². The largest absolute Gasteiger partial charge is 0.462 e. The topological polar surface area (TPSA) is 99.5 Å². The number of anilines is 1. The van der Waals surface area contributed by atoms with E-state index in [4.69, 9.17) is 10.00 Å². The molecule has 2 rings (SSSR count). The van der Waals surface area contributed by atoms with Crippen LogP contribution in [0.4, 0.5) is 10.5 Å². The molecule has 0 aromatic heterocycles. The summed E-state index contributed by atoms with van der Waals surface area (Å²) >= 11 is 0. The fourth-order valence-corrected chi connectivity index (χ4v) is 1.92. The van der Waals surface area contributed by atoms with Crippen LogP contribution in [0.3, 0.4) is 0 Å². The van der Waals surface area contributed by atoms with E-state index in [1.54, 1.807) is 37.3 Å². The van der Waals surface area contributed by atoms with Crippen molar-refractivity contribution in [2.75, 3.05) is 11.5 Å². The Morgan fingerprint density at radius 2 is 1.95 bits per heavy atom. The van der Waals surface area contributed by atoms with Gasteiger partial charge in [0.2, 0.25) is 0 Å². The lowest BCUT2D eigenvalue weighted by Gasteiger charge is -2.11. The summed E-state index contributed by atoms with van der Waals surface area (Å²) in [4.78, 5) is 36.9. The molecule has 0 unspecified atom stereocenters. The lowest BCUT2D eigenvalue weighted by atomic mass is 10.2. The molecule has 1 aliphatic rings. The van der Waals surface area contributed by atoms with Gasteiger partial charge in [-0.1, -0.05) is 17.7 Å². The molecule has 1 aromatic carbocycles. The Morgan fingerprint density at radius 3 is 2.50 bits per heavy atom. The minimum absolute atomic E-state index is 0.0567. The fourth-order valence-electron chi connectivity index (χ4n) is 1.92. The van der Waals surface area contributed by atoms with Gasteiger partial charge in [-0.3, -0.25) is 4.79 Å². The number of ether oxygens (including phenoxy) is 1. The first kappa shape index (κ1) is 15.3. The maximum atomic E-state index is 12.3. The molecule has 112 valence electrons. The number of urea groups is 1.